The first-order valence-corrected chi connectivity index (χ1v) is 10.2. The summed E-state index contributed by atoms with van der Waals surface area (Å²) in [5.74, 6) is -1.53. The summed E-state index contributed by atoms with van der Waals surface area (Å²) in [5, 5.41) is 9.57. The van der Waals surface area contributed by atoms with Crippen molar-refractivity contribution in [1.82, 2.24) is 4.57 Å². The van der Waals surface area contributed by atoms with Gasteiger partial charge in [-0.15, -0.1) is 0 Å². The fraction of sp³-hybridized carbons (Fsp3) is 0.455. The standard InChI is InChI=1S/C22H24FN3O3/c1-11-19-14(21(27)16(22(28)29)10-26(19)13-5-6-13)7-17(23)20(11)25-8-12-3-2-4-18(24)15(12)9-25/h3,7,10,13,15,18H,2,4-6,8-9,24H2,1H3,(H,28,29). The Balaban J connectivity index is 1.71. The number of fused-ring (bicyclic) bond motifs is 2. The number of nitrogens with two attached hydrogens (primary N) is 1. The molecule has 3 aliphatic rings. The quantitative estimate of drug-likeness (QED) is 0.778. The van der Waals surface area contributed by atoms with Crippen LogP contribution >= 0.6 is 0 Å². The molecular formula is C22H24FN3O3. The van der Waals surface area contributed by atoms with Gasteiger partial charge in [0.2, 0.25) is 5.43 Å². The molecule has 1 aromatic heterocycles. The van der Waals surface area contributed by atoms with E-state index in [4.69, 9.17) is 5.73 Å². The van der Waals surface area contributed by atoms with E-state index in [1.165, 1.54) is 17.8 Å². The zero-order chi connectivity index (χ0) is 20.4. The number of rotatable bonds is 3. The van der Waals surface area contributed by atoms with Crippen LogP contribution in [0.3, 0.4) is 0 Å². The van der Waals surface area contributed by atoms with Crippen LogP contribution in [-0.4, -0.2) is 34.8 Å². The molecule has 3 N–H and O–H groups in total. The molecule has 1 aliphatic heterocycles. The lowest BCUT2D eigenvalue weighted by Crippen LogP contribution is -2.34. The maximum atomic E-state index is 15.3. The third-order valence-electron chi connectivity index (χ3n) is 6.66. The molecule has 2 aliphatic carbocycles. The van der Waals surface area contributed by atoms with Gasteiger partial charge in [0.1, 0.15) is 11.4 Å². The number of hydrogen-bond acceptors (Lipinski definition) is 4. The van der Waals surface area contributed by atoms with E-state index >= 15 is 4.39 Å². The van der Waals surface area contributed by atoms with Crippen LogP contribution in [0.4, 0.5) is 10.1 Å². The summed E-state index contributed by atoms with van der Waals surface area (Å²) in [7, 11) is 0. The van der Waals surface area contributed by atoms with Crippen molar-refractivity contribution >= 4 is 22.6 Å². The highest BCUT2D eigenvalue weighted by molar-refractivity contribution is 5.95. The van der Waals surface area contributed by atoms with Crippen molar-refractivity contribution < 1.29 is 14.3 Å². The van der Waals surface area contributed by atoms with E-state index in [1.807, 2.05) is 16.4 Å². The summed E-state index contributed by atoms with van der Waals surface area (Å²) in [6.45, 7) is 3.13. The Labute approximate surface area is 167 Å². The summed E-state index contributed by atoms with van der Waals surface area (Å²) in [4.78, 5) is 26.3. The number of benzene rings is 1. The summed E-state index contributed by atoms with van der Waals surface area (Å²) < 4.78 is 17.1. The first-order chi connectivity index (χ1) is 13.9. The first kappa shape index (κ1) is 18.4. The molecule has 0 spiro atoms. The summed E-state index contributed by atoms with van der Waals surface area (Å²) in [6.07, 6.45) is 7.41. The van der Waals surface area contributed by atoms with Crippen molar-refractivity contribution in [3.8, 4) is 0 Å². The van der Waals surface area contributed by atoms with Crippen molar-refractivity contribution in [1.29, 1.82) is 0 Å². The minimum atomic E-state index is -1.28. The lowest BCUT2D eigenvalue weighted by Gasteiger charge is -2.25. The number of halogens is 1. The largest absolute Gasteiger partial charge is 0.477 e. The average Bonchev–Trinajstić information content (AvgIpc) is 3.42. The maximum absolute atomic E-state index is 15.3. The minimum absolute atomic E-state index is 0.0894. The van der Waals surface area contributed by atoms with Crippen molar-refractivity contribution in [2.45, 2.75) is 44.7 Å². The topological polar surface area (TPSA) is 88.6 Å². The van der Waals surface area contributed by atoms with Gasteiger partial charge in [-0.05, 0) is 49.8 Å². The van der Waals surface area contributed by atoms with Gasteiger partial charge < -0.3 is 20.3 Å². The van der Waals surface area contributed by atoms with E-state index in [1.54, 1.807) is 0 Å². The molecule has 29 heavy (non-hydrogen) atoms. The van der Waals surface area contributed by atoms with E-state index in [0.717, 1.165) is 25.7 Å². The molecule has 6 nitrogen and oxygen atoms in total. The van der Waals surface area contributed by atoms with Crippen LogP contribution in [0.15, 0.2) is 28.7 Å². The molecule has 7 heteroatoms. The van der Waals surface area contributed by atoms with Gasteiger partial charge in [0.25, 0.3) is 0 Å². The van der Waals surface area contributed by atoms with E-state index in [-0.39, 0.29) is 29.0 Å². The number of aromatic carboxylic acids is 1. The fourth-order valence-electron chi connectivity index (χ4n) is 5.07. The lowest BCUT2D eigenvalue weighted by atomic mass is 9.86. The van der Waals surface area contributed by atoms with Crippen LogP contribution in [0.25, 0.3) is 10.9 Å². The van der Waals surface area contributed by atoms with Crippen LogP contribution in [0.1, 0.15) is 47.6 Å². The number of allylic oxidation sites excluding steroid dienone is 1. The molecule has 2 heterocycles. The molecule has 5 rings (SSSR count). The Bertz CT molecular complexity index is 1130. The third kappa shape index (κ3) is 2.79. The smallest absolute Gasteiger partial charge is 0.341 e. The number of nitrogens with zero attached hydrogens (tertiary/aromatic N) is 2. The second-order valence-electron chi connectivity index (χ2n) is 8.55. The zero-order valence-electron chi connectivity index (χ0n) is 16.3. The number of carbonyl (C=O) groups is 1. The van der Waals surface area contributed by atoms with Crippen molar-refractivity contribution in [2.75, 3.05) is 18.0 Å². The van der Waals surface area contributed by atoms with Crippen LogP contribution in [0.5, 0.6) is 0 Å². The van der Waals surface area contributed by atoms with Crippen molar-refractivity contribution in [3.05, 3.63) is 51.1 Å². The number of anilines is 1. The van der Waals surface area contributed by atoms with Crippen LogP contribution in [0.2, 0.25) is 0 Å². The van der Waals surface area contributed by atoms with Crippen LogP contribution in [-0.2, 0) is 0 Å². The monoisotopic (exact) mass is 397 g/mol. The van der Waals surface area contributed by atoms with Gasteiger partial charge in [-0.3, -0.25) is 4.79 Å². The Hall–Kier alpha value is -2.67. The number of carboxylic acids is 1. The first-order valence-electron chi connectivity index (χ1n) is 10.2. The molecule has 0 amide bonds. The highest BCUT2D eigenvalue weighted by atomic mass is 19.1. The number of carboxylic acid groups (broad SMARTS) is 1. The Kier molecular flexibility index (Phi) is 4.07. The Morgan fingerprint density at radius 2 is 2.07 bits per heavy atom. The SMILES string of the molecule is Cc1c(N2CC3=CCCC(N)C3C2)c(F)cc2c(=O)c(C(=O)O)cn(C3CC3)c12. The fourth-order valence-corrected chi connectivity index (χ4v) is 5.07. The molecule has 1 saturated heterocycles. The molecule has 2 unspecified atom stereocenters. The zero-order valence-corrected chi connectivity index (χ0v) is 16.3. The molecule has 1 aromatic carbocycles. The van der Waals surface area contributed by atoms with E-state index < -0.39 is 17.2 Å². The second-order valence-corrected chi connectivity index (χ2v) is 8.55. The number of aromatic nitrogens is 1. The maximum Gasteiger partial charge on any atom is 0.341 e. The molecule has 1 saturated carbocycles. The number of aryl methyl sites for hydroxylation is 1. The predicted molar refractivity (Wildman–Crippen MR) is 109 cm³/mol. The molecule has 152 valence electrons. The lowest BCUT2D eigenvalue weighted by molar-refractivity contribution is 0.0695. The van der Waals surface area contributed by atoms with Crippen molar-refractivity contribution in [3.63, 3.8) is 0 Å². The molecule has 2 atom stereocenters. The van der Waals surface area contributed by atoms with Gasteiger partial charge >= 0.3 is 5.97 Å². The molecule has 0 radical (unpaired) electrons. The number of hydrogen-bond donors (Lipinski definition) is 2. The summed E-state index contributed by atoms with van der Waals surface area (Å²) >= 11 is 0. The Morgan fingerprint density at radius 1 is 1.31 bits per heavy atom. The van der Waals surface area contributed by atoms with Gasteiger partial charge in [0.15, 0.2) is 0 Å². The average molecular weight is 397 g/mol. The molecule has 2 fully saturated rings. The van der Waals surface area contributed by atoms with Gasteiger partial charge in [-0.25, -0.2) is 9.18 Å². The summed E-state index contributed by atoms with van der Waals surface area (Å²) in [5.41, 5.74) is 8.47. The van der Waals surface area contributed by atoms with E-state index in [0.29, 0.717) is 29.9 Å². The van der Waals surface area contributed by atoms with Crippen LogP contribution < -0.4 is 16.1 Å². The normalized spacial score (nSPS) is 24.0. The number of pyridine rings is 1. The second kappa shape index (κ2) is 6.42. The van der Waals surface area contributed by atoms with E-state index in [2.05, 4.69) is 6.08 Å². The van der Waals surface area contributed by atoms with Gasteiger partial charge in [0, 0.05) is 42.7 Å². The van der Waals surface area contributed by atoms with Crippen LogP contribution in [0, 0.1) is 18.7 Å². The predicted octanol–water partition coefficient (Wildman–Crippen LogP) is 2.97. The highest BCUT2D eigenvalue weighted by Crippen LogP contribution is 2.42. The molecule has 2 aromatic rings. The molecule has 0 bridgehead atoms. The van der Waals surface area contributed by atoms with E-state index in [9.17, 15) is 14.7 Å². The van der Waals surface area contributed by atoms with Gasteiger partial charge in [-0.1, -0.05) is 6.08 Å². The Morgan fingerprint density at radius 3 is 2.72 bits per heavy atom. The summed E-state index contributed by atoms with van der Waals surface area (Å²) in [6, 6.07) is 1.47. The molecular weight excluding hydrogens is 373 g/mol. The van der Waals surface area contributed by atoms with Gasteiger partial charge in [0.05, 0.1) is 11.2 Å². The van der Waals surface area contributed by atoms with Gasteiger partial charge in [-0.2, -0.15) is 0 Å². The highest BCUT2D eigenvalue weighted by Gasteiger charge is 2.36. The third-order valence-corrected chi connectivity index (χ3v) is 6.66. The van der Waals surface area contributed by atoms with Crippen molar-refractivity contribution in [2.24, 2.45) is 11.7 Å². The minimum Gasteiger partial charge on any atom is -0.477 e.